The number of hydrogen-bond acceptors (Lipinski definition) is 4. The highest BCUT2D eigenvalue weighted by atomic mass is 79.9. The molecule has 0 saturated carbocycles. The van der Waals surface area contributed by atoms with Gasteiger partial charge in [0.15, 0.2) is 0 Å². The van der Waals surface area contributed by atoms with Crippen LogP contribution in [0.15, 0.2) is 28.7 Å². The lowest BCUT2D eigenvalue weighted by Gasteiger charge is -2.11. The van der Waals surface area contributed by atoms with Gasteiger partial charge in [-0.25, -0.2) is 0 Å². The maximum atomic E-state index is 12.5. The number of aryl methyl sites for hydroxylation is 1. The summed E-state index contributed by atoms with van der Waals surface area (Å²) in [6.07, 6.45) is 0. The zero-order valence-corrected chi connectivity index (χ0v) is 13.2. The number of carbonyl (C=O) groups is 1. The van der Waals surface area contributed by atoms with Gasteiger partial charge in [-0.1, -0.05) is 0 Å². The summed E-state index contributed by atoms with van der Waals surface area (Å²) in [4.78, 5) is 14.3. The molecule has 1 heterocycles. The third-order valence-corrected chi connectivity index (χ3v) is 4.30. The molecule has 2 aromatic rings. The van der Waals surface area contributed by atoms with Gasteiger partial charge < -0.3 is 9.47 Å². The van der Waals surface area contributed by atoms with Gasteiger partial charge in [-0.2, -0.15) is 0 Å². The normalized spacial score (nSPS) is 10.3. The molecule has 0 saturated heterocycles. The van der Waals surface area contributed by atoms with Crippen molar-refractivity contribution < 1.29 is 14.3 Å². The number of ketones is 1. The van der Waals surface area contributed by atoms with Crippen molar-refractivity contribution in [1.29, 1.82) is 0 Å². The lowest BCUT2D eigenvalue weighted by Crippen LogP contribution is -2.04. The van der Waals surface area contributed by atoms with Crippen molar-refractivity contribution in [2.45, 2.75) is 6.92 Å². The Kier molecular flexibility index (Phi) is 4.27. The van der Waals surface area contributed by atoms with Crippen LogP contribution in [-0.4, -0.2) is 20.0 Å². The van der Waals surface area contributed by atoms with Gasteiger partial charge in [-0.3, -0.25) is 4.79 Å². The van der Waals surface area contributed by atoms with E-state index in [4.69, 9.17) is 9.47 Å². The zero-order chi connectivity index (χ0) is 14.0. The van der Waals surface area contributed by atoms with Gasteiger partial charge in [0.25, 0.3) is 0 Å². The fourth-order valence-corrected chi connectivity index (χ4v) is 3.15. The second-order valence-corrected chi connectivity index (χ2v) is 6.07. The Hall–Kier alpha value is -1.33. The standard InChI is InChI=1S/C14H13BrO3S/c1-8-4-5-12(19-8)14(16)13-10(15)6-9(17-2)7-11(13)18-3/h4-7H,1-3H3. The van der Waals surface area contributed by atoms with E-state index in [1.54, 1.807) is 19.2 Å². The molecule has 2 rings (SSSR count). The molecule has 100 valence electrons. The quantitative estimate of drug-likeness (QED) is 0.787. The Morgan fingerprint density at radius 3 is 2.47 bits per heavy atom. The number of benzene rings is 1. The van der Waals surface area contributed by atoms with Crippen molar-refractivity contribution in [2.75, 3.05) is 14.2 Å². The van der Waals surface area contributed by atoms with Gasteiger partial charge in [0.2, 0.25) is 5.78 Å². The number of thiophene rings is 1. The number of rotatable bonds is 4. The molecule has 0 atom stereocenters. The van der Waals surface area contributed by atoms with Gasteiger partial charge >= 0.3 is 0 Å². The predicted octanol–water partition coefficient (Wildman–Crippen LogP) is 4.07. The first-order chi connectivity index (χ1) is 9.06. The highest BCUT2D eigenvalue weighted by Crippen LogP contribution is 2.35. The third-order valence-electron chi connectivity index (χ3n) is 2.67. The Balaban J connectivity index is 2.52. The van der Waals surface area contributed by atoms with Crippen molar-refractivity contribution in [3.8, 4) is 11.5 Å². The molecule has 5 heteroatoms. The maximum absolute atomic E-state index is 12.5. The van der Waals surface area contributed by atoms with Crippen molar-refractivity contribution in [3.63, 3.8) is 0 Å². The Morgan fingerprint density at radius 2 is 1.95 bits per heavy atom. The van der Waals surface area contributed by atoms with Gasteiger partial charge in [0, 0.05) is 15.4 Å². The Bertz CT molecular complexity index is 619. The molecule has 0 bridgehead atoms. The first-order valence-corrected chi connectivity index (χ1v) is 7.20. The smallest absolute Gasteiger partial charge is 0.207 e. The lowest BCUT2D eigenvalue weighted by atomic mass is 10.1. The van der Waals surface area contributed by atoms with Crippen LogP contribution in [0.3, 0.4) is 0 Å². The predicted molar refractivity (Wildman–Crippen MR) is 79.7 cm³/mol. The largest absolute Gasteiger partial charge is 0.497 e. The molecule has 0 fully saturated rings. The molecule has 0 aliphatic heterocycles. The van der Waals surface area contributed by atoms with Crippen LogP contribution in [-0.2, 0) is 0 Å². The van der Waals surface area contributed by atoms with E-state index >= 15 is 0 Å². The lowest BCUT2D eigenvalue weighted by molar-refractivity contribution is 0.103. The molecule has 0 unspecified atom stereocenters. The zero-order valence-electron chi connectivity index (χ0n) is 10.8. The molecule has 19 heavy (non-hydrogen) atoms. The minimum Gasteiger partial charge on any atom is -0.497 e. The van der Waals surface area contributed by atoms with Crippen LogP contribution in [0.2, 0.25) is 0 Å². The molecule has 0 radical (unpaired) electrons. The van der Waals surface area contributed by atoms with Crippen molar-refractivity contribution in [1.82, 2.24) is 0 Å². The molecular weight excluding hydrogens is 328 g/mol. The van der Waals surface area contributed by atoms with E-state index in [1.807, 2.05) is 19.1 Å². The summed E-state index contributed by atoms with van der Waals surface area (Å²) in [7, 11) is 3.11. The van der Waals surface area contributed by atoms with Crippen LogP contribution >= 0.6 is 27.3 Å². The summed E-state index contributed by atoms with van der Waals surface area (Å²) in [5.74, 6) is 1.09. The SMILES string of the molecule is COc1cc(Br)c(C(=O)c2ccc(C)s2)c(OC)c1. The van der Waals surface area contributed by atoms with E-state index in [1.165, 1.54) is 18.4 Å². The number of carbonyl (C=O) groups excluding carboxylic acids is 1. The average molecular weight is 341 g/mol. The second-order valence-electron chi connectivity index (χ2n) is 3.93. The molecule has 0 amide bonds. The van der Waals surface area contributed by atoms with Gasteiger partial charge in [-0.15, -0.1) is 11.3 Å². The number of hydrogen-bond donors (Lipinski definition) is 0. The minimum atomic E-state index is -0.0514. The fraction of sp³-hybridized carbons (Fsp3) is 0.214. The summed E-state index contributed by atoms with van der Waals surface area (Å²) >= 11 is 4.88. The number of methoxy groups -OCH3 is 2. The first kappa shape index (κ1) is 14.1. The fourth-order valence-electron chi connectivity index (χ4n) is 1.74. The summed E-state index contributed by atoms with van der Waals surface area (Å²) < 4.78 is 11.1. The van der Waals surface area contributed by atoms with Crippen molar-refractivity contribution in [3.05, 3.63) is 44.1 Å². The van der Waals surface area contributed by atoms with Crippen LogP contribution in [0.25, 0.3) is 0 Å². The van der Waals surface area contributed by atoms with Crippen LogP contribution < -0.4 is 9.47 Å². The van der Waals surface area contributed by atoms with Crippen molar-refractivity contribution >= 4 is 33.0 Å². The topological polar surface area (TPSA) is 35.5 Å². The molecule has 0 aliphatic rings. The minimum absolute atomic E-state index is 0.0514. The number of ether oxygens (including phenoxy) is 2. The Morgan fingerprint density at radius 1 is 1.21 bits per heavy atom. The molecule has 0 N–H and O–H groups in total. The number of halogens is 1. The molecule has 1 aromatic carbocycles. The van der Waals surface area contributed by atoms with Crippen LogP contribution in [0.1, 0.15) is 20.1 Å². The van der Waals surface area contributed by atoms with Crippen LogP contribution in [0.5, 0.6) is 11.5 Å². The van der Waals surface area contributed by atoms with E-state index in [9.17, 15) is 4.79 Å². The summed E-state index contributed by atoms with van der Waals surface area (Å²) in [5.41, 5.74) is 0.519. The highest BCUT2D eigenvalue weighted by Gasteiger charge is 2.20. The van der Waals surface area contributed by atoms with Gasteiger partial charge in [-0.05, 0) is 41.1 Å². The van der Waals surface area contributed by atoms with E-state index in [2.05, 4.69) is 15.9 Å². The maximum Gasteiger partial charge on any atom is 0.207 e. The van der Waals surface area contributed by atoms with E-state index in [-0.39, 0.29) is 5.78 Å². The van der Waals surface area contributed by atoms with Crippen LogP contribution in [0, 0.1) is 6.92 Å². The molecule has 0 spiro atoms. The van der Waals surface area contributed by atoms with Gasteiger partial charge in [0.05, 0.1) is 24.7 Å². The van der Waals surface area contributed by atoms with E-state index < -0.39 is 0 Å². The Labute approximate surface area is 124 Å². The molecule has 0 aliphatic carbocycles. The van der Waals surface area contributed by atoms with E-state index in [0.29, 0.717) is 26.4 Å². The molecule has 3 nitrogen and oxygen atoms in total. The third kappa shape index (κ3) is 2.82. The first-order valence-electron chi connectivity index (χ1n) is 5.59. The van der Waals surface area contributed by atoms with Gasteiger partial charge in [0.1, 0.15) is 11.5 Å². The summed E-state index contributed by atoms with van der Waals surface area (Å²) in [5, 5.41) is 0. The molecule has 1 aromatic heterocycles. The second kappa shape index (κ2) is 5.75. The van der Waals surface area contributed by atoms with E-state index in [0.717, 1.165) is 4.88 Å². The van der Waals surface area contributed by atoms with Crippen molar-refractivity contribution in [2.24, 2.45) is 0 Å². The highest BCUT2D eigenvalue weighted by molar-refractivity contribution is 9.10. The van der Waals surface area contributed by atoms with Crippen LogP contribution in [0.4, 0.5) is 0 Å². The summed E-state index contributed by atoms with van der Waals surface area (Å²) in [6, 6.07) is 7.23. The summed E-state index contributed by atoms with van der Waals surface area (Å²) in [6.45, 7) is 1.97. The monoisotopic (exact) mass is 340 g/mol. The average Bonchev–Trinajstić information content (AvgIpc) is 2.83. The molecular formula is C14H13BrO3S.